The fraction of sp³-hybridized carbons (Fsp3) is 0.167. The number of thiazole rings is 1. The maximum Gasteiger partial charge on any atom is 0.298 e. The van der Waals surface area contributed by atoms with Gasteiger partial charge in [0.1, 0.15) is 10.6 Å². The quantitative estimate of drug-likeness (QED) is 0.496. The van der Waals surface area contributed by atoms with Gasteiger partial charge in [-0.15, -0.1) is 11.3 Å². The van der Waals surface area contributed by atoms with E-state index in [-0.39, 0.29) is 10.6 Å². The Morgan fingerprint density at radius 3 is 2.81 bits per heavy atom. The molecule has 1 aromatic heterocycles. The standard InChI is InChI=1S/C12H13N3O4S2/c1-8-7-20-12(14-8)15-13-6-9-3-4-10(19-2)11(5-9)21(16,17)18/h3-7H,1-2H3,(H,14,15)(H,16,17,18). The van der Waals surface area contributed by atoms with Gasteiger partial charge in [0, 0.05) is 5.38 Å². The number of nitrogens with one attached hydrogen (secondary N) is 1. The van der Waals surface area contributed by atoms with Crippen LogP contribution in [0.4, 0.5) is 5.13 Å². The Balaban J connectivity index is 2.21. The smallest absolute Gasteiger partial charge is 0.298 e. The summed E-state index contributed by atoms with van der Waals surface area (Å²) in [4.78, 5) is 3.86. The minimum atomic E-state index is -4.36. The molecule has 0 bridgehead atoms. The van der Waals surface area contributed by atoms with E-state index in [2.05, 4.69) is 15.5 Å². The Kier molecular flexibility index (Phi) is 4.56. The van der Waals surface area contributed by atoms with E-state index >= 15 is 0 Å². The van der Waals surface area contributed by atoms with Crippen LogP contribution in [0, 0.1) is 6.92 Å². The number of methoxy groups -OCH3 is 1. The van der Waals surface area contributed by atoms with E-state index in [4.69, 9.17) is 9.29 Å². The lowest BCUT2D eigenvalue weighted by Crippen LogP contribution is -2.02. The van der Waals surface area contributed by atoms with Crippen LogP contribution in [0.2, 0.25) is 0 Å². The molecule has 0 radical (unpaired) electrons. The highest BCUT2D eigenvalue weighted by atomic mass is 32.2. The molecule has 0 saturated carbocycles. The first-order valence-corrected chi connectivity index (χ1v) is 8.09. The monoisotopic (exact) mass is 327 g/mol. The number of aromatic nitrogens is 1. The van der Waals surface area contributed by atoms with Crippen LogP contribution in [-0.2, 0) is 10.1 Å². The Morgan fingerprint density at radius 1 is 1.48 bits per heavy atom. The SMILES string of the molecule is COc1ccc(C=NNc2nc(C)cs2)cc1S(=O)(=O)O. The van der Waals surface area contributed by atoms with Crippen LogP contribution in [0.25, 0.3) is 0 Å². The van der Waals surface area contributed by atoms with Crippen molar-refractivity contribution in [3.05, 3.63) is 34.8 Å². The number of ether oxygens (including phenoxy) is 1. The second-order valence-electron chi connectivity index (χ2n) is 4.05. The van der Waals surface area contributed by atoms with Gasteiger partial charge in [-0.2, -0.15) is 13.5 Å². The number of benzene rings is 1. The van der Waals surface area contributed by atoms with Crippen molar-refractivity contribution in [2.45, 2.75) is 11.8 Å². The van der Waals surface area contributed by atoms with E-state index in [0.29, 0.717) is 10.7 Å². The average Bonchev–Trinajstić information content (AvgIpc) is 2.83. The van der Waals surface area contributed by atoms with Crippen molar-refractivity contribution < 1.29 is 17.7 Å². The summed E-state index contributed by atoms with van der Waals surface area (Å²) in [5.41, 5.74) is 4.11. The van der Waals surface area contributed by atoms with Crippen LogP contribution < -0.4 is 10.2 Å². The molecular formula is C12H13N3O4S2. The molecule has 0 atom stereocenters. The summed E-state index contributed by atoms with van der Waals surface area (Å²) in [7, 11) is -3.04. The third-order valence-corrected chi connectivity index (χ3v) is 4.20. The second kappa shape index (κ2) is 6.20. The molecule has 7 nitrogen and oxygen atoms in total. The largest absolute Gasteiger partial charge is 0.495 e. The van der Waals surface area contributed by atoms with Crippen molar-refractivity contribution in [3.63, 3.8) is 0 Å². The van der Waals surface area contributed by atoms with Crippen molar-refractivity contribution in [2.24, 2.45) is 5.10 Å². The van der Waals surface area contributed by atoms with E-state index in [0.717, 1.165) is 5.69 Å². The molecule has 0 saturated heterocycles. The molecule has 0 spiro atoms. The van der Waals surface area contributed by atoms with E-state index in [1.807, 2.05) is 12.3 Å². The summed E-state index contributed by atoms with van der Waals surface area (Å²) in [5, 5.41) is 6.47. The van der Waals surface area contributed by atoms with Gasteiger partial charge in [-0.25, -0.2) is 4.98 Å². The van der Waals surface area contributed by atoms with Crippen LogP contribution in [0.15, 0.2) is 33.6 Å². The predicted molar refractivity (Wildman–Crippen MR) is 80.9 cm³/mol. The molecule has 1 heterocycles. The molecule has 0 aliphatic heterocycles. The Labute approximate surface area is 126 Å². The first kappa shape index (κ1) is 15.4. The van der Waals surface area contributed by atoms with Gasteiger partial charge < -0.3 is 4.74 Å². The first-order chi connectivity index (χ1) is 9.90. The number of rotatable bonds is 5. The summed E-state index contributed by atoms with van der Waals surface area (Å²) < 4.78 is 36.6. The van der Waals surface area contributed by atoms with Gasteiger partial charge in [0.2, 0.25) is 5.13 Å². The number of nitrogens with zero attached hydrogens (tertiary/aromatic N) is 2. The molecule has 9 heteroatoms. The molecule has 2 rings (SSSR count). The van der Waals surface area contributed by atoms with Crippen molar-refractivity contribution in [3.8, 4) is 5.75 Å². The van der Waals surface area contributed by atoms with Gasteiger partial charge in [0.25, 0.3) is 10.1 Å². The number of hydrogen-bond acceptors (Lipinski definition) is 7. The van der Waals surface area contributed by atoms with Crippen LogP contribution >= 0.6 is 11.3 Å². The maximum atomic E-state index is 11.3. The number of hydrogen-bond donors (Lipinski definition) is 2. The molecule has 112 valence electrons. The fourth-order valence-electron chi connectivity index (χ4n) is 1.54. The normalized spacial score (nSPS) is 11.8. The fourth-order valence-corrected chi connectivity index (χ4v) is 2.87. The highest BCUT2D eigenvalue weighted by Gasteiger charge is 2.16. The zero-order valence-corrected chi connectivity index (χ0v) is 12.9. The average molecular weight is 327 g/mol. The van der Waals surface area contributed by atoms with Gasteiger partial charge >= 0.3 is 0 Å². The number of anilines is 1. The lowest BCUT2D eigenvalue weighted by molar-refractivity contribution is 0.397. The van der Waals surface area contributed by atoms with Gasteiger partial charge in [-0.3, -0.25) is 9.98 Å². The lowest BCUT2D eigenvalue weighted by Gasteiger charge is -2.06. The zero-order chi connectivity index (χ0) is 15.5. The molecule has 2 N–H and O–H groups in total. The topological polar surface area (TPSA) is 101 Å². The summed E-state index contributed by atoms with van der Waals surface area (Å²) >= 11 is 1.41. The van der Waals surface area contributed by atoms with Crippen LogP contribution in [0.1, 0.15) is 11.3 Å². The highest BCUT2D eigenvalue weighted by Crippen LogP contribution is 2.24. The van der Waals surface area contributed by atoms with Crippen molar-refractivity contribution in [2.75, 3.05) is 12.5 Å². The van der Waals surface area contributed by atoms with Gasteiger partial charge in [0.05, 0.1) is 19.0 Å². The number of hydrazone groups is 1. The van der Waals surface area contributed by atoms with Crippen molar-refractivity contribution in [1.29, 1.82) is 0 Å². The van der Waals surface area contributed by atoms with E-state index < -0.39 is 10.1 Å². The van der Waals surface area contributed by atoms with E-state index in [9.17, 15) is 8.42 Å². The maximum absolute atomic E-state index is 11.3. The van der Waals surface area contributed by atoms with E-state index in [1.165, 1.54) is 36.8 Å². The molecule has 0 unspecified atom stereocenters. The molecule has 0 aliphatic carbocycles. The molecule has 2 aromatic rings. The lowest BCUT2D eigenvalue weighted by atomic mass is 10.2. The minimum absolute atomic E-state index is 0.0677. The van der Waals surface area contributed by atoms with Gasteiger partial charge in [-0.1, -0.05) is 0 Å². The van der Waals surface area contributed by atoms with E-state index in [1.54, 1.807) is 6.07 Å². The molecule has 0 fully saturated rings. The Hall–Kier alpha value is -1.97. The molecule has 1 aromatic carbocycles. The van der Waals surface area contributed by atoms with Gasteiger partial charge in [0.15, 0.2) is 0 Å². The highest BCUT2D eigenvalue weighted by molar-refractivity contribution is 7.86. The van der Waals surface area contributed by atoms with Crippen LogP contribution in [0.5, 0.6) is 5.75 Å². The predicted octanol–water partition coefficient (Wildman–Crippen LogP) is 2.15. The minimum Gasteiger partial charge on any atom is -0.495 e. The molecule has 0 amide bonds. The number of aryl methyl sites for hydroxylation is 1. The molecular weight excluding hydrogens is 314 g/mol. The summed E-state index contributed by atoms with van der Waals surface area (Å²) in [6, 6.07) is 4.33. The Bertz CT molecular complexity index is 769. The molecule has 0 aliphatic rings. The van der Waals surface area contributed by atoms with Crippen LogP contribution in [0.3, 0.4) is 0 Å². The zero-order valence-electron chi connectivity index (χ0n) is 11.3. The van der Waals surface area contributed by atoms with Crippen molar-refractivity contribution >= 4 is 32.8 Å². The second-order valence-corrected chi connectivity index (χ2v) is 6.30. The third-order valence-electron chi connectivity index (χ3n) is 2.46. The summed E-state index contributed by atoms with van der Waals surface area (Å²) in [5.74, 6) is 0.0677. The summed E-state index contributed by atoms with van der Waals surface area (Å²) in [6.45, 7) is 1.87. The third kappa shape index (κ3) is 4.00. The molecule has 21 heavy (non-hydrogen) atoms. The van der Waals surface area contributed by atoms with Gasteiger partial charge in [-0.05, 0) is 30.7 Å². The first-order valence-electron chi connectivity index (χ1n) is 5.77. The summed E-state index contributed by atoms with van der Waals surface area (Å²) in [6.07, 6.45) is 1.42. The van der Waals surface area contributed by atoms with Crippen molar-refractivity contribution in [1.82, 2.24) is 4.98 Å². The van der Waals surface area contributed by atoms with Crippen LogP contribution in [-0.4, -0.2) is 31.3 Å². The Morgan fingerprint density at radius 2 is 2.24 bits per heavy atom.